The fourth-order valence-electron chi connectivity index (χ4n) is 1.66. The number of benzene rings is 1. The Morgan fingerprint density at radius 3 is 2.75 bits per heavy atom. The number of phenolic OH excluding ortho intramolecular Hbond substituents is 1. The number of Topliss-reactive ketones (excluding diaryl/α,β-unsaturated/α-hetero) is 1. The van der Waals surface area contributed by atoms with E-state index in [1.165, 1.54) is 6.07 Å². The summed E-state index contributed by atoms with van der Waals surface area (Å²) in [5, 5.41) is 18.1. The predicted molar refractivity (Wildman–Crippen MR) is 61.1 cm³/mol. The van der Waals surface area contributed by atoms with Gasteiger partial charge in [0.2, 0.25) is 0 Å². The maximum atomic E-state index is 12.0. The van der Waals surface area contributed by atoms with Crippen molar-refractivity contribution in [1.82, 2.24) is 0 Å². The third kappa shape index (κ3) is 2.83. The van der Waals surface area contributed by atoms with Gasteiger partial charge in [-0.1, -0.05) is 19.1 Å². The second kappa shape index (κ2) is 5.92. The van der Waals surface area contributed by atoms with Crippen molar-refractivity contribution in [3.05, 3.63) is 29.8 Å². The molecule has 1 N–H and O–H groups in total. The second-order valence-corrected chi connectivity index (χ2v) is 3.68. The first-order valence-corrected chi connectivity index (χ1v) is 5.39. The molecule has 0 saturated carbocycles. The highest BCUT2D eigenvalue weighted by Crippen LogP contribution is 2.23. The third-order valence-corrected chi connectivity index (χ3v) is 2.64. The van der Waals surface area contributed by atoms with Gasteiger partial charge < -0.3 is 5.11 Å². The molecule has 0 radical (unpaired) electrons. The summed E-state index contributed by atoms with van der Waals surface area (Å²) < 4.78 is 0. The number of hydrogen-bond donors (Lipinski definition) is 1. The van der Waals surface area contributed by atoms with E-state index in [0.717, 1.165) is 0 Å². The van der Waals surface area contributed by atoms with Gasteiger partial charge in [-0.25, -0.2) is 0 Å². The van der Waals surface area contributed by atoms with Gasteiger partial charge in [0.15, 0.2) is 5.78 Å². The van der Waals surface area contributed by atoms with Crippen LogP contribution in [-0.2, 0) is 0 Å². The number of carbonyl (C=O) groups is 1. The molecular formula is C13H15NO2. The Morgan fingerprint density at radius 2 is 2.19 bits per heavy atom. The number of ketones is 1. The molecule has 0 saturated heterocycles. The fourth-order valence-corrected chi connectivity index (χ4v) is 1.66. The number of phenols is 1. The molecule has 0 heterocycles. The largest absolute Gasteiger partial charge is 0.507 e. The Balaban J connectivity index is 2.84. The molecule has 16 heavy (non-hydrogen) atoms. The number of hydrogen-bond acceptors (Lipinski definition) is 3. The van der Waals surface area contributed by atoms with E-state index < -0.39 is 0 Å². The van der Waals surface area contributed by atoms with Gasteiger partial charge in [0.1, 0.15) is 5.75 Å². The Hall–Kier alpha value is -1.82. The Bertz CT molecular complexity index is 407. The molecule has 1 unspecified atom stereocenters. The first kappa shape index (κ1) is 12.3. The average Bonchev–Trinajstić information content (AvgIpc) is 2.30. The van der Waals surface area contributed by atoms with Gasteiger partial charge in [-0.15, -0.1) is 0 Å². The quantitative estimate of drug-likeness (QED) is 0.771. The lowest BCUT2D eigenvalue weighted by atomic mass is 9.91. The Labute approximate surface area is 95.3 Å². The number of carbonyl (C=O) groups excluding carboxylic acids is 1. The van der Waals surface area contributed by atoms with Crippen LogP contribution in [0.2, 0.25) is 0 Å². The van der Waals surface area contributed by atoms with Crippen LogP contribution in [0.3, 0.4) is 0 Å². The van der Waals surface area contributed by atoms with Crippen LogP contribution in [-0.4, -0.2) is 10.9 Å². The van der Waals surface area contributed by atoms with E-state index in [0.29, 0.717) is 24.8 Å². The minimum Gasteiger partial charge on any atom is -0.507 e. The summed E-state index contributed by atoms with van der Waals surface area (Å²) in [5.41, 5.74) is 0.354. The highest BCUT2D eigenvalue weighted by atomic mass is 16.3. The molecule has 0 aliphatic carbocycles. The number of aromatic hydroxyl groups is 1. The molecule has 0 bridgehead atoms. The first-order chi connectivity index (χ1) is 7.70. The predicted octanol–water partition coefficient (Wildman–Crippen LogP) is 2.90. The number of nitrogens with zero attached hydrogens (tertiary/aromatic N) is 1. The molecule has 0 aliphatic heterocycles. The monoisotopic (exact) mass is 217 g/mol. The fraction of sp³-hybridized carbons (Fsp3) is 0.385. The molecule has 1 atom stereocenters. The molecule has 0 spiro atoms. The molecule has 3 heteroatoms. The normalized spacial score (nSPS) is 11.8. The van der Waals surface area contributed by atoms with E-state index in [1.54, 1.807) is 18.2 Å². The van der Waals surface area contributed by atoms with E-state index in [-0.39, 0.29) is 17.5 Å². The number of rotatable bonds is 5. The SMILES string of the molecule is CCC(CCC#N)C(=O)c1ccccc1O. The van der Waals surface area contributed by atoms with Gasteiger partial charge in [-0.05, 0) is 25.0 Å². The molecule has 84 valence electrons. The molecular weight excluding hydrogens is 202 g/mol. The summed E-state index contributed by atoms with van der Waals surface area (Å²) in [6.07, 6.45) is 1.62. The van der Waals surface area contributed by atoms with Crippen LogP contribution in [0, 0.1) is 17.2 Å². The summed E-state index contributed by atoms with van der Waals surface area (Å²) in [7, 11) is 0. The molecule has 0 fully saturated rings. The molecule has 0 aliphatic rings. The summed E-state index contributed by atoms with van der Waals surface area (Å²) in [5.74, 6) is -0.230. The number of para-hydroxylation sites is 1. The first-order valence-electron chi connectivity index (χ1n) is 5.39. The number of nitriles is 1. The summed E-state index contributed by atoms with van der Waals surface area (Å²) in [4.78, 5) is 12.0. The van der Waals surface area contributed by atoms with Crippen LogP contribution in [0.1, 0.15) is 36.5 Å². The lowest BCUT2D eigenvalue weighted by Gasteiger charge is -2.12. The molecule has 1 rings (SSSR count). The minimum atomic E-state index is -0.173. The molecule has 3 nitrogen and oxygen atoms in total. The van der Waals surface area contributed by atoms with Gasteiger partial charge in [0.05, 0.1) is 11.6 Å². The summed E-state index contributed by atoms with van der Waals surface area (Å²) >= 11 is 0. The zero-order valence-electron chi connectivity index (χ0n) is 9.31. The van der Waals surface area contributed by atoms with Crippen molar-refractivity contribution in [2.75, 3.05) is 0 Å². The highest BCUT2D eigenvalue weighted by Gasteiger charge is 2.20. The van der Waals surface area contributed by atoms with Crippen LogP contribution in [0.5, 0.6) is 5.75 Å². The van der Waals surface area contributed by atoms with Crippen molar-refractivity contribution in [2.24, 2.45) is 5.92 Å². The lowest BCUT2D eigenvalue weighted by molar-refractivity contribution is 0.0908. The third-order valence-electron chi connectivity index (χ3n) is 2.64. The topological polar surface area (TPSA) is 61.1 Å². The smallest absolute Gasteiger partial charge is 0.169 e. The van der Waals surface area contributed by atoms with Crippen molar-refractivity contribution >= 4 is 5.78 Å². The van der Waals surface area contributed by atoms with Gasteiger partial charge in [0, 0.05) is 12.3 Å². The standard InChI is InChI=1S/C13H15NO2/c1-2-10(6-5-9-14)13(16)11-7-3-4-8-12(11)15/h3-4,7-8,10,15H,2,5-6H2,1H3. The summed E-state index contributed by atoms with van der Waals surface area (Å²) in [6.45, 7) is 1.92. The molecule has 1 aromatic rings. The van der Waals surface area contributed by atoms with E-state index in [4.69, 9.17) is 5.26 Å². The molecule has 0 amide bonds. The minimum absolute atomic E-state index is 0.0166. The van der Waals surface area contributed by atoms with Crippen LogP contribution in [0.4, 0.5) is 0 Å². The summed E-state index contributed by atoms with van der Waals surface area (Å²) in [6, 6.07) is 8.57. The van der Waals surface area contributed by atoms with Crippen LogP contribution >= 0.6 is 0 Å². The maximum absolute atomic E-state index is 12.0. The molecule has 1 aromatic carbocycles. The second-order valence-electron chi connectivity index (χ2n) is 3.68. The van der Waals surface area contributed by atoms with Gasteiger partial charge in [0.25, 0.3) is 0 Å². The van der Waals surface area contributed by atoms with Crippen molar-refractivity contribution in [2.45, 2.75) is 26.2 Å². The van der Waals surface area contributed by atoms with E-state index in [9.17, 15) is 9.90 Å². The van der Waals surface area contributed by atoms with Crippen molar-refractivity contribution < 1.29 is 9.90 Å². The average molecular weight is 217 g/mol. The Kier molecular flexibility index (Phi) is 4.53. The van der Waals surface area contributed by atoms with Gasteiger partial charge in [-0.2, -0.15) is 5.26 Å². The van der Waals surface area contributed by atoms with Crippen molar-refractivity contribution in [3.63, 3.8) is 0 Å². The van der Waals surface area contributed by atoms with Crippen molar-refractivity contribution in [3.8, 4) is 11.8 Å². The zero-order valence-corrected chi connectivity index (χ0v) is 9.31. The molecule has 0 aromatic heterocycles. The van der Waals surface area contributed by atoms with Gasteiger partial charge >= 0.3 is 0 Å². The van der Waals surface area contributed by atoms with E-state index in [1.807, 2.05) is 13.0 Å². The van der Waals surface area contributed by atoms with Crippen LogP contribution in [0.15, 0.2) is 24.3 Å². The highest BCUT2D eigenvalue weighted by molar-refractivity contribution is 6.00. The zero-order chi connectivity index (χ0) is 12.0. The van der Waals surface area contributed by atoms with Crippen LogP contribution in [0.25, 0.3) is 0 Å². The maximum Gasteiger partial charge on any atom is 0.169 e. The Morgan fingerprint density at radius 1 is 1.50 bits per heavy atom. The lowest BCUT2D eigenvalue weighted by Crippen LogP contribution is -2.14. The van der Waals surface area contributed by atoms with Crippen LogP contribution < -0.4 is 0 Å². The van der Waals surface area contributed by atoms with Crippen molar-refractivity contribution in [1.29, 1.82) is 5.26 Å². The van der Waals surface area contributed by atoms with E-state index in [2.05, 4.69) is 0 Å². The van der Waals surface area contributed by atoms with Gasteiger partial charge in [-0.3, -0.25) is 4.79 Å². The van der Waals surface area contributed by atoms with E-state index >= 15 is 0 Å².